The molecule has 0 aliphatic carbocycles. The fraction of sp³-hybridized carbons (Fsp3) is 0.152. The number of fused-ring (bicyclic) bond motifs is 1. The highest BCUT2D eigenvalue weighted by Gasteiger charge is 2.22. The molecule has 2 aromatic heterocycles. The van der Waals surface area contributed by atoms with Crippen molar-refractivity contribution in [2.75, 3.05) is 0 Å². The van der Waals surface area contributed by atoms with E-state index in [1.54, 1.807) is 4.57 Å². The Kier molecular flexibility index (Phi) is 6.93. The number of hydrogen-bond acceptors (Lipinski definition) is 4. The predicted molar refractivity (Wildman–Crippen MR) is 157 cm³/mol. The maximum absolute atomic E-state index is 13.1. The molecule has 0 saturated carbocycles. The number of rotatable bonds is 9. The third-order valence-electron chi connectivity index (χ3n) is 6.92. The van der Waals surface area contributed by atoms with Crippen molar-refractivity contribution in [2.24, 2.45) is 0 Å². The van der Waals surface area contributed by atoms with E-state index >= 15 is 0 Å². The second-order valence-corrected chi connectivity index (χ2v) is 10.0. The van der Waals surface area contributed by atoms with Gasteiger partial charge in [-0.15, -0.1) is 0 Å². The van der Waals surface area contributed by atoms with Crippen molar-refractivity contribution in [3.8, 4) is 28.6 Å². The minimum absolute atomic E-state index is 0.156. The lowest BCUT2D eigenvalue weighted by Gasteiger charge is -2.20. The highest BCUT2D eigenvalue weighted by molar-refractivity contribution is 5.82. The van der Waals surface area contributed by atoms with Crippen molar-refractivity contribution in [2.45, 2.75) is 33.0 Å². The molecule has 4 aromatic carbocycles. The smallest absolute Gasteiger partial charge is 0.348 e. The maximum atomic E-state index is 13.1. The van der Waals surface area contributed by atoms with Crippen LogP contribution in [0.15, 0.2) is 108 Å². The van der Waals surface area contributed by atoms with Crippen LogP contribution >= 0.6 is 0 Å². The second kappa shape index (κ2) is 11.0. The first-order valence-corrected chi connectivity index (χ1v) is 13.3. The Morgan fingerprint density at radius 1 is 0.800 bits per heavy atom. The number of aromatic amines is 2. The van der Waals surface area contributed by atoms with Crippen molar-refractivity contribution >= 4 is 10.9 Å². The molecule has 6 rings (SSSR count). The van der Waals surface area contributed by atoms with Gasteiger partial charge in [0.1, 0.15) is 24.7 Å². The van der Waals surface area contributed by atoms with Crippen LogP contribution in [0, 0.1) is 0 Å². The molecule has 7 heteroatoms. The molecule has 200 valence electrons. The number of hydrogen-bond donors (Lipinski definition) is 2. The van der Waals surface area contributed by atoms with E-state index in [9.17, 15) is 4.79 Å². The molecular formula is C33H30N4O3. The van der Waals surface area contributed by atoms with Crippen molar-refractivity contribution in [3.05, 3.63) is 130 Å². The highest BCUT2D eigenvalue weighted by Crippen LogP contribution is 2.39. The fourth-order valence-electron chi connectivity index (χ4n) is 4.82. The van der Waals surface area contributed by atoms with Crippen LogP contribution in [0.1, 0.15) is 36.5 Å². The monoisotopic (exact) mass is 530 g/mol. The zero-order valence-corrected chi connectivity index (χ0v) is 22.4. The predicted octanol–water partition coefficient (Wildman–Crippen LogP) is 6.99. The Hall–Kier alpha value is -5.04. The Labute approximate surface area is 232 Å². The molecule has 0 saturated heterocycles. The molecule has 6 aromatic rings. The fourth-order valence-corrected chi connectivity index (χ4v) is 4.82. The Morgan fingerprint density at radius 3 is 2.15 bits per heavy atom. The van der Waals surface area contributed by atoms with E-state index in [-0.39, 0.29) is 11.6 Å². The van der Waals surface area contributed by atoms with Crippen LogP contribution in [-0.2, 0) is 13.2 Å². The molecule has 0 amide bonds. The van der Waals surface area contributed by atoms with Gasteiger partial charge in [0.15, 0.2) is 5.82 Å². The summed E-state index contributed by atoms with van der Waals surface area (Å²) < 4.78 is 14.3. The molecule has 2 N–H and O–H groups in total. The number of benzene rings is 4. The van der Waals surface area contributed by atoms with Crippen LogP contribution in [-0.4, -0.2) is 19.7 Å². The Balaban J connectivity index is 1.46. The van der Waals surface area contributed by atoms with Crippen LogP contribution in [0.3, 0.4) is 0 Å². The van der Waals surface area contributed by atoms with E-state index in [1.807, 2.05) is 103 Å². The van der Waals surface area contributed by atoms with E-state index < -0.39 is 0 Å². The summed E-state index contributed by atoms with van der Waals surface area (Å²) in [6, 6.07) is 31.8. The van der Waals surface area contributed by atoms with Gasteiger partial charge in [0.2, 0.25) is 0 Å². The van der Waals surface area contributed by atoms with Gasteiger partial charge in [0.25, 0.3) is 0 Å². The molecule has 2 heterocycles. The summed E-state index contributed by atoms with van der Waals surface area (Å²) in [5.74, 6) is 1.95. The minimum atomic E-state index is -0.325. The standard InChI is InChI=1S/C33H30N4O3/c1-22(2)27-18-28(32-35-36-33(38)37(32)26-13-14-29-25(17-26)15-16-34-29)31(40-21-24-11-7-4-8-12-24)19-30(27)39-20-23-9-5-3-6-10-23/h3-19,22,34H,20-21H2,1-2H3,(H,36,38). The number of nitrogens with zero attached hydrogens (tertiary/aromatic N) is 2. The SMILES string of the molecule is CC(C)c1cc(-c2n[nH]c(=O)n2-c2ccc3[nH]ccc3c2)c(OCc2ccccc2)cc1OCc1ccccc1. The normalized spacial score (nSPS) is 11.3. The van der Waals surface area contributed by atoms with Crippen LogP contribution in [0.5, 0.6) is 11.5 Å². The van der Waals surface area contributed by atoms with Gasteiger partial charge in [-0.2, -0.15) is 5.10 Å². The second-order valence-electron chi connectivity index (χ2n) is 10.0. The third kappa shape index (κ3) is 5.14. The van der Waals surface area contributed by atoms with Crippen molar-refractivity contribution in [1.29, 1.82) is 0 Å². The van der Waals surface area contributed by atoms with Crippen LogP contribution < -0.4 is 15.2 Å². The van der Waals surface area contributed by atoms with E-state index in [0.717, 1.165) is 33.3 Å². The lowest BCUT2D eigenvalue weighted by Crippen LogP contribution is -2.16. The summed E-state index contributed by atoms with van der Waals surface area (Å²) in [4.78, 5) is 16.3. The van der Waals surface area contributed by atoms with Crippen molar-refractivity contribution in [1.82, 2.24) is 19.7 Å². The summed E-state index contributed by atoms with van der Waals surface area (Å²) in [7, 11) is 0. The van der Waals surface area contributed by atoms with Crippen molar-refractivity contribution < 1.29 is 9.47 Å². The van der Waals surface area contributed by atoms with Gasteiger partial charge in [0.05, 0.1) is 11.3 Å². The lowest BCUT2D eigenvalue weighted by atomic mass is 9.98. The van der Waals surface area contributed by atoms with Gasteiger partial charge in [-0.1, -0.05) is 74.5 Å². The van der Waals surface area contributed by atoms with E-state index in [2.05, 4.69) is 29.0 Å². The molecule has 7 nitrogen and oxygen atoms in total. The number of aromatic nitrogens is 4. The van der Waals surface area contributed by atoms with Gasteiger partial charge >= 0.3 is 5.69 Å². The molecule has 0 fully saturated rings. The average molecular weight is 531 g/mol. The highest BCUT2D eigenvalue weighted by atomic mass is 16.5. The van der Waals surface area contributed by atoms with E-state index in [0.29, 0.717) is 36.0 Å². The summed E-state index contributed by atoms with van der Waals surface area (Å²) >= 11 is 0. The lowest BCUT2D eigenvalue weighted by molar-refractivity contribution is 0.288. The molecule has 0 atom stereocenters. The molecule has 0 spiro atoms. The molecule has 0 unspecified atom stereocenters. The van der Waals surface area contributed by atoms with Gasteiger partial charge < -0.3 is 14.5 Å². The number of H-pyrrole nitrogens is 2. The molecule has 40 heavy (non-hydrogen) atoms. The van der Waals surface area contributed by atoms with Gasteiger partial charge in [0, 0.05) is 23.2 Å². The van der Waals surface area contributed by atoms with Gasteiger partial charge in [-0.05, 0) is 52.9 Å². The first kappa shape index (κ1) is 25.2. The summed E-state index contributed by atoms with van der Waals surface area (Å²) in [5.41, 5.74) is 5.20. The van der Waals surface area contributed by atoms with Gasteiger partial charge in [-0.3, -0.25) is 0 Å². The van der Waals surface area contributed by atoms with E-state index in [1.165, 1.54) is 0 Å². The Bertz CT molecular complexity index is 1800. The third-order valence-corrected chi connectivity index (χ3v) is 6.92. The minimum Gasteiger partial charge on any atom is -0.488 e. The number of nitrogens with one attached hydrogen (secondary N) is 2. The molecule has 0 aliphatic rings. The summed E-state index contributed by atoms with van der Waals surface area (Å²) in [5, 5.41) is 8.12. The number of ether oxygens (including phenoxy) is 2. The maximum Gasteiger partial charge on any atom is 0.348 e. The van der Waals surface area contributed by atoms with Crippen LogP contribution in [0.2, 0.25) is 0 Å². The van der Waals surface area contributed by atoms with Crippen molar-refractivity contribution in [3.63, 3.8) is 0 Å². The molecule has 0 radical (unpaired) electrons. The van der Waals surface area contributed by atoms with Crippen LogP contribution in [0.4, 0.5) is 0 Å². The molecule has 0 aliphatic heterocycles. The molecule has 0 bridgehead atoms. The summed E-state index contributed by atoms with van der Waals surface area (Å²) in [6.07, 6.45) is 1.88. The zero-order chi connectivity index (χ0) is 27.5. The average Bonchev–Trinajstić information content (AvgIpc) is 3.61. The molecular weight excluding hydrogens is 500 g/mol. The first-order valence-electron chi connectivity index (χ1n) is 13.3. The first-order chi connectivity index (χ1) is 19.6. The largest absolute Gasteiger partial charge is 0.488 e. The topological polar surface area (TPSA) is 84.9 Å². The Morgan fingerprint density at radius 2 is 1.48 bits per heavy atom. The quantitative estimate of drug-likeness (QED) is 0.211. The van der Waals surface area contributed by atoms with Gasteiger partial charge in [-0.25, -0.2) is 14.5 Å². The summed E-state index contributed by atoms with van der Waals surface area (Å²) in [6.45, 7) is 5.03. The van der Waals surface area contributed by atoms with Crippen LogP contribution in [0.25, 0.3) is 28.0 Å². The zero-order valence-electron chi connectivity index (χ0n) is 22.4. The van der Waals surface area contributed by atoms with E-state index in [4.69, 9.17) is 9.47 Å².